The minimum atomic E-state index is -1.17. The smallest absolute Gasteiger partial charge is 0.416 e. The van der Waals surface area contributed by atoms with E-state index in [1.807, 2.05) is 13.8 Å². The lowest BCUT2D eigenvalue weighted by Gasteiger charge is -2.30. The van der Waals surface area contributed by atoms with Crippen LogP contribution in [-0.4, -0.2) is 35.3 Å². The molecule has 0 fully saturated rings. The molecule has 0 saturated carbocycles. The highest BCUT2D eigenvalue weighted by Crippen LogP contribution is 2.39. The van der Waals surface area contributed by atoms with Crippen LogP contribution in [0.2, 0.25) is 0 Å². The summed E-state index contributed by atoms with van der Waals surface area (Å²) < 4.78 is 6.28. The van der Waals surface area contributed by atoms with Crippen molar-refractivity contribution in [3.63, 3.8) is 0 Å². The quantitative estimate of drug-likeness (QED) is 0.843. The maximum atomic E-state index is 12.2. The molecule has 2 heterocycles. The molecule has 0 spiro atoms. The average Bonchev–Trinajstić information content (AvgIpc) is 2.79. The predicted molar refractivity (Wildman–Crippen MR) is 77.3 cm³/mol. The van der Waals surface area contributed by atoms with Crippen LogP contribution in [0.4, 0.5) is 4.79 Å². The van der Waals surface area contributed by atoms with Gasteiger partial charge in [0.05, 0.1) is 12.6 Å². The van der Waals surface area contributed by atoms with E-state index in [0.717, 1.165) is 15.5 Å². The van der Waals surface area contributed by atoms with Gasteiger partial charge < -0.3 is 15.2 Å². The largest absolute Gasteiger partial charge is 0.497 e. The second kappa shape index (κ2) is 4.25. The Balaban J connectivity index is 2.49. The van der Waals surface area contributed by atoms with Gasteiger partial charge in [-0.2, -0.15) is 0 Å². The molecule has 0 aliphatic carbocycles. The molecule has 1 aromatic heterocycles. The molecule has 6 heteroatoms. The van der Waals surface area contributed by atoms with Crippen LogP contribution >= 0.6 is 0 Å². The van der Waals surface area contributed by atoms with E-state index in [-0.39, 0.29) is 17.0 Å². The van der Waals surface area contributed by atoms with Gasteiger partial charge >= 0.3 is 6.09 Å². The van der Waals surface area contributed by atoms with Crippen LogP contribution in [0.1, 0.15) is 29.9 Å². The van der Waals surface area contributed by atoms with E-state index in [1.165, 1.54) is 0 Å². The molecule has 0 bridgehead atoms. The van der Waals surface area contributed by atoms with Gasteiger partial charge in [0.25, 0.3) is 5.91 Å². The molecule has 21 heavy (non-hydrogen) atoms. The van der Waals surface area contributed by atoms with Gasteiger partial charge in [-0.3, -0.25) is 4.79 Å². The van der Waals surface area contributed by atoms with E-state index < -0.39 is 6.09 Å². The molecule has 2 aromatic rings. The second-order valence-corrected chi connectivity index (χ2v) is 5.79. The number of benzene rings is 1. The summed E-state index contributed by atoms with van der Waals surface area (Å²) in [7, 11) is 1.56. The number of methoxy groups -OCH3 is 1. The number of hydrogen-bond donors (Lipinski definition) is 2. The third-order valence-electron chi connectivity index (χ3n) is 3.95. The van der Waals surface area contributed by atoms with Crippen LogP contribution in [0.5, 0.6) is 5.75 Å². The summed E-state index contributed by atoms with van der Waals surface area (Å²) >= 11 is 0. The normalized spacial score (nSPS) is 16.4. The molecule has 0 saturated heterocycles. The fourth-order valence-electron chi connectivity index (χ4n) is 2.97. The number of fused-ring (bicyclic) bond motifs is 3. The molecule has 1 aromatic carbocycles. The number of amides is 1. The van der Waals surface area contributed by atoms with Crippen molar-refractivity contribution in [2.45, 2.75) is 19.3 Å². The summed E-state index contributed by atoms with van der Waals surface area (Å²) in [6.45, 7) is 4.43. The Kier molecular flexibility index (Phi) is 2.73. The molecule has 110 valence electrons. The lowest BCUT2D eigenvalue weighted by molar-refractivity contribution is 0.0918. The third kappa shape index (κ3) is 1.79. The molecule has 3 rings (SSSR count). The number of nitrogens with one attached hydrogen (secondary N) is 1. The summed E-state index contributed by atoms with van der Waals surface area (Å²) in [5.41, 5.74) is 1.09. The number of ether oxygens (including phenoxy) is 1. The number of carboxylic acid groups (broad SMARTS) is 1. The van der Waals surface area contributed by atoms with Gasteiger partial charge in [0, 0.05) is 17.3 Å². The van der Waals surface area contributed by atoms with Gasteiger partial charge in [-0.25, -0.2) is 9.36 Å². The highest BCUT2D eigenvalue weighted by atomic mass is 16.5. The monoisotopic (exact) mass is 288 g/mol. The SMILES string of the molecule is COc1ccc2c(c1)c1c(n2C(=O)O)C(=O)NCC1(C)C. The standard InChI is InChI=1S/C15H16N2O4/c1-15(2)7-16-13(18)12-11(15)9-6-8(21-3)4-5-10(9)17(12)14(19)20/h4-6H,7H2,1-3H3,(H,16,18)(H,19,20). The van der Waals surface area contributed by atoms with Crippen molar-refractivity contribution in [1.82, 2.24) is 9.88 Å². The van der Waals surface area contributed by atoms with Gasteiger partial charge in [0.1, 0.15) is 11.4 Å². The molecule has 2 N–H and O–H groups in total. The first kappa shape index (κ1) is 13.5. The molecule has 6 nitrogen and oxygen atoms in total. The average molecular weight is 288 g/mol. The Labute approximate surface area is 121 Å². The number of aromatic nitrogens is 1. The maximum absolute atomic E-state index is 12.2. The fourth-order valence-corrected chi connectivity index (χ4v) is 2.97. The lowest BCUT2D eigenvalue weighted by Crippen LogP contribution is -2.44. The summed E-state index contributed by atoms with van der Waals surface area (Å²) in [6.07, 6.45) is -1.17. The van der Waals surface area contributed by atoms with E-state index in [1.54, 1.807) is 25.3 Å². The zero-order valence-electron chi connectivity index (χ0n) is 12.1. The van der Waals surface area contributed by atoms with Gasteiger partial charge in [-0.1, -0.05) is 13.8 Å². The van der Waals surface area contributed by atoms with Crippen molar-refractivity contribution >= 4 is 22.9 Å². The molecule has 1 aliphatic rings. The van der Waals surface area contributed by atoms with E-state index in [9.17, 15) is 14.7 Å². The molecular weight excluding hydrogens is 272 g/mol. The van der Waals surface area contributed by atoms with Crippen LogP contribution in [0.3, 0.4) is 0 Å². The van der Waals surface area contributed by atoms with Crippen molar-refractivity contribution in [2.24, 2.45) is 0 Å². The Hall–Kier alpha value is -2.50. The summed E-state index contributed by atoms with van der Waals surface area (Å²) in [4.78, 5) is 23.8. The zero-order valence-corrected chi connectivity index (χ0v) is 12.1. The van der Waals surface area contributed by atoms with Gasteiger partial charge in [-0.15, -0.1) is 0 Å². The van der Waals surface area contributed by atoms with Crippen LogP contribution in [-0.2, 0) is 5.41 Å². The number of nitrogens with zero attached hydrogens (tertiary/aromatic N) is 1. The molecule has 0 unspecified atom stereocenters. The Bertz CT molecular complexity index is 774. The minimum Gasteiger partial charge on any atom is -0.497 e. The van der Waals surface area contributed by atoms with E-state index in [4.69, 9.17) is 4.74 Å². The number of carbonyl (C=O) groups excluding carboxylic acids is 1. The van der Waals surface area contributed by atoms with Gasteiger partial charge in [0.2, 0.25) is 0 Å². The summed E-state index contributed by atoms with van der Waals surface area (Å²) in [5, 5.41) is 13.0. The summed E-state index contributed by atoms with van der Waals surface area (Å²) in [5.74, 6) is 0.275. The Morgan fingerprint density at radius 3 is 2.76 bits per heavy atom. The van der Waals surface area contributed by atoms with Crippen molar-refractivity contribution in [1.29, 1.82) is 0 Å². The highest BCUT2D eigenvalue weighted by Gasteiger charge is 2.38. The van der Waals surface area contributed by atoms with Crippen molar-refractivity contribution in [3.8, 4) is 5.75 Å². The summed E-state index contributed by atoms with van der Waals surface area (Å²) in [6, 6.07) is 5.15. The number of hydrogen-bond acceptors (Lipinski definition) is 3. The second-order valence-electron chi connectivity index (χ2n) is 5.79. The van der Waals surface area contributed by atoms with Crippen molar-refractivity contribution in [3.05, 3.63) is 29.5 Å². The fraction of sp³-hybridized carbons (Fsp3) is 0.333. The minimum absolute atomic E-state index is 0.196. The van der Waals surface area contributed by atoms with Crippen LogP contribution < -0.4 is 10.1 Å². The topological polar surface area (TPSA) is 80.6 Å². The van der Waals surface area contributed by atoms with E-state index in [2.05, 4.69) is 5.32 Å². The predicted octanol–water partition coefficient (Wildman–Crippen LogP) is 2.20. The molecule has 0 radical (unpaired) electrons. The van der Waals surface area contributed by atoms with Gasteiger partial charge in [-0.05, 0) is 23.8 Å². The number of carbonyl (C=O) groups is 2. The first-order chi connectivity index (χ1) is 9.86. The molecule has 1 amide bonds. The Morgan fingerprint density at radius 1 is 1.43 bits per heavy atom. The molecule has 1 aliphatic heterocycles. The molecular formula is C15H16N2O4. The van der Waals surface area contributed by atoms with E-state index >= 15 is 0 Å². The first-order valence-corrected chi connectivity index (χ1v) is 6.61. The van der Waals surface area contributed by atoms with Crippen LogP contribution in [0, 0.1) is 0 Å². The van der Waals surface area contributed by atoms with E-state index in [0.29, 0.717) is 17.8 Å². The molecule has 0 atom stereocenters. The zero-order chi connectivity index (χ0) is 15.4. The van der Waals surface area contributed by atoms with Crippen molar-refractivity contribution < 1.29 is 19.4 Å². The maximum Gasteiger partial charge on any atom is 0.416 e. The Morgan fingerprint density at radius 2 is 2.14 bits per heavy atom. The lowest BCUT2D eigenvalue weighted by atomic mass is 9.80. The number of rotatable bonds is 1. The van der Waals surface area contributed by atoms with Crippen LogP contribution in [0.15, 0.2) is 18.2 Å². The third-order valence-corrected chi connectivity index (χ3v) is 3.95. The van der Waals surface area contributed by atoms with Gasteiger partial charge in [0.15, 0.2) is 0 Å². The van der Waals surface area contributed by atoms with Crippen LogP contribution in [0.25, 0.3) is 10.9 Å². The van der Waals surface area contributed by atoms with Crippen molar-refractivity contribution in [2.75, 3.05) is 13.7 Å². The highest BCUT2D eigenvalue weighted by molar-refractivity contribution is 6.08. The first-order valence-electron chi connectivity index (χ1n) is 6.61.